The lowest BCUT2D eigenvalue weighted by Crippen LogP contribution is -2.49. The number of sulfonamides is 1. The number of aryl methyl sites for hydroxylation is 1. The van der Waals surface area contributed by atoms with Crippen LogP contribution >= 0.6 is 0 Å². The SMILES string of the molecule is CCNS(=O)(=O)c1cccc(C(=O)N2CCN(c3cc(C)nc(C(C)C)n3)CC2)c1. The maximum atomic E-state index is 12.9. The topological polar surface area (TPSA) is 95.5 Å². The highest BCUT2D eigenvalue weighted by Gasteiger charge is 2.24. The molecule has 0 saturated carbocycles. The van der Waals surface area contributed by atoms with Crippen LogP contribution in [0, 0.1) is 6.92 Å². The molecule has 0 radical (unpaired) electrons. The molecule has 30 heavy (non-hydrogen) atoms. The Morgan fingerprint density at radius 3 is 2.47 bits per heavy atom. The zero-order valence-electron chi connectivity index (χ0n) is 17.9. The summed E-state index contributed by atoms with van der Waals surface area (Å²) in [7, 11) is -3.60. The monoisotopic (exact) mass is 431 g/mol. The Labute approximate surface area is 178 Å². The highest BCUT2D eigenvalue weighted by molar-refractivity contribution is 7.89. The van der Waals surface area contributed by atoms with Gasteiger partial charge in [0.05, 0.1) is 4.90 Å². The predicted molar refractivity (Wildman–Crippen MR) is 116 cm³/mol. The van der Waals surface area contributed by atoms with Crippen molar-refractivity contribution >= 4 is 21.7 Å². The molecule has 3 rings (SSSR count). The second-order valence-corrected chi connectivity index (χ2v) is 9.46. The van der Waals surface area contributed by atoms with E-state index < -0.39 is 10.0 Å². The van der Waals surface area contributed by atoms with Gasteiger partial charge in [0.15, 0.2) is 0 Å². The fraction of sp³-hybridized carbons (Fsp3) is 0.476. The van der Waals surface area contributed by atoms with Crippen LogP contribution in [0.2, 0.25) is 0 Å². The van der Waals surface area contributed by atoms with E-state index in [4.69, 9.17) is 0 Å². The minimum atomic E-state index is -3.60. The third-order valence-corrected chi connectivity index (χ3v) is 6.53. The summed E-state index contributed by atoms with van der Waals surface area (Å²) >= 11 is 0. The first kappa shape index (κ1) is 22.2. The molecular weight excluding hydrogens is 402 g/mol. The van der Waals surface area contributed by atoms with Gasteiger partial charge >= 0.3 is 0 Å². The van der Waals surface area contributed by atoms with E-state index in [-0.39, 0.29) is 16.7 Å². The normalized spacial score (nSPS) is 15.0. The van der Waals surface area contributed by atoms with E-state index in [1.807, 2.05) is 13.0 Å². The summed E-state index contributed by atoms with van der Waals surface area (Å²) in [6, 6.07) is 8.16. The second-order valence-electron chi connectivity index (χ2n) is 7.69. The number of piperazine rings is 1. The van der Waals surface area contributed by atoms with Gasteiger partial charge in [-0.3, -0.25) is 4.79 Å². The Balaban J connectivity index is 1.71. The Bertz CT molecular complexity index is 1020. The third kappa shape index (κ3) is 4.96. The van der Waals surface area contributed by atoms with Crippen LogP contribution in [0.4, 0.5) is 5.82 Å². The van der Waals surface area contributed by atoms with Gasteiger partial charge in [-0.25, -0.2) is 23.1 Å². The van der Waals surface area contributed by atoms with E-state index in [0.29, 0.717) is 38.3 Å². The number of carbonyl (C=O) groups excluding carboxylic acids is 1. The van der Waals surface area contributed by atoms with E-state index in [2.05, 4.69) is 33.4 Å². The largest absolute Gasteiger partial charge is 0.353 e. The highest BCUT2D eigenvalue weighted by Crippen LogP contribution is 2.20. The number of amides is 1. The molecule has 2 aromatic rings. The number of nitrogens with zero attached hydrogens (tertiary/aromatic N) is 4. The summed E-state index contributed by atoms with van der Waals surface area (Å²) in [6.45, 7) is 10.5. The van der Waals surface area contributed by atoms with Crippen molar-refractivity contribution in [3.8, 4) is 0 Å². The molecule has 0 unspecified atom stereocenters. The molecule has 2 heterocycles. The third-order valence-electron chi connectivity index (χ3n) is 4.99. The molecule has 1 aliphatic rings. The molecule has 1 saturated heterocycles. The Morgan fingerprint density at radius 2 is 1.83 bits per heavy atom. The van der Waals surface area contributed by atoms with Crippen molar-refractivity contribution in [1.82, 2.24) is 19.6 Å². The van der Waals surface area contributed by atoms with E-state index >= 15 is 0 Å². The van der Waals surface area contributed by atoms with Gasteiger partial charge in [0, 0.05) is 56.0 Å². The van der Waals surface area contributed by atoms with Gasteiger partial charge in [0.1, 0.15) is 11.6 Å². The lowest BCUT2D eigenvalue weighted by atomic mass is 10.1. The van der Waals surface area contributed by atoms with Gasteiger partial charge < -0.3 is 9.80 Å². The van der Waals surface area contributed by atoms with Crippen molar-refractivity contribution in [1.29, 1.82) is 0 Å². The summed E-state index contributed by atoms with van der Waals surface area (Å²) in [6.07, 6.45) is 0. The summed E-state index contributed by atoms with van der Waals surface area (Å²) in [5.41, 5.74) is 1.31. The molecule has 0 aliphatic carbocycles. The van der Waals surface area contributed by atoms with Crippen molar-refractivity contribution in [2.75, 3.05) is 37.6 Å². The zero-order valence-corrected chi connectivity index (χ0v) is 18.7. The molecule has 1 N–H and O–H groups in total. The van der Waals surface area contributed by atoms with Crippen molar-refractivity contribution in [3.63, 3.8) is 0 Å². The molecule has 9 heteroatoms. The molecule has 1 fully saturated rings. The van der Waals surface area contributed by atoms with Crippen LogP contribution in [0.5, 0.6) is 0 Å². The van der Waals surface area contributed by atoms with Crippen molar-refractivity contribution in [3.05, 3.63) is 47.4 Å². The Kier molecular flexibility index (Phi) is 6.72. The van der Waals surface area contributed by atoms with E-state index in [1.165, 1.54) is 12.1 Å². The van der Waals surface area contributed by atoms with Crippen LogP contribution in [0.15, 0.2) is 35.2 Å². The van der Waals surface area contributed by atoms with E-state index in [1.54, 1.807) is 24.0 Å². The Morgan fingerprint density at radius 1 is 1.13 bits per heavy atom. The van der Waals surface area contributed by atoms with Gasteiger partial charge in [-0.1, -0.05) is 26.8 Å². The molecule has 1 aromatic carbocycles. The van der Waals surface area contributed by atoms with Crippen LogP contribution in [0.3, 0.4) is 0 Å². The minimum Gasteiger partial charge on any atom is -0.353 e. The molecule has 8 nitrogen and oxygen atoms in total. The standard InChI is InChI=1S/C21H29N5O3S/c1-5-22-30(28,29)18-8-6-7-17(14-18)21(27)26-11-9-25(10-12-26)19-13-16(4)23-20(24-19)15(2)3/h6-8,13-15,22H,5,9-12H2,1-4H3. The number of hydrogen-bond donors (Lipinski definition) is 1. The number of rotatable bonds is 6. The fourth-order valence-electron chi connectivity index (χ4n) is 3.39. The van der Waals surface area contributed by atoms with Gasteiger partial charge in [-0.05, 0) is 25.1 Å². The molecule has 1 aromatic heterocycles. The lowest BCUT2D eigenvalue weighted by Gasteiger charge is -2.35. The van der Waals surface area contributed by atoms with Crippen LogP contribution in [-0.2, 0) is 10.0 Å². The van der Waals surface area contributed by atoms with Crippen LogP contribution in [0.25, 0.3) is 0 Å². The molecule has 1 aliphatic heterocycles. The van der Waals surface area contributed by atoms with Crippen LogP contribution in [0.1, 0.15) is 48.6 Å². The average Bonchev–Trinajstić information content (AvgIpc) is 2.73. The second kappa shape index (κ2) is 9.09. The van der Waals surface area contributed by atoms with Gasteiger partial charge in [0.25, 0.3) is 5.91 Å². The lowest BCUT2D eigenvalue weighted by molar-refractivity contribution is 0.0746. The average molecular weight is 432 g/mol. The number of anilines is 1. The number of benzene rings is 1. The maximum Gasteiger partial charge on any atom is 0.254 e. The Hall–Kier alpha value is -2.52. The van der Waals surface area contributed by atoms with Gasteiger partial charge in [0.2, 0.25) is 10.0 Å². The molecule has 0 bridgehead atoms. The molecule has 1 amide bonds. The first-order valence-electron chi connectivity index (χ1n) is 10.2. The van der Waals surface area contributed by atoms with Gasteiger partial charge in [-0.15, -0.1) is 0 Å². The summed E-state index contributed by atoms with van der Waals surface area (Å²) in [5, 5.41) is 0. The molecule has 0 spiro atoms. The van der Waals surface area contributed by atoms with Crippen molar-refractivity contribution < 1.29 is 13.2 Å². The smallest absolute Gasteiger partial charge is 0.254 e. The molecule has 162 valence electrons. The first-order chi connectivity index (χ1) is 14.2. The quantitative estimate of drug-likeness (QED) is 0.753. The number of aromatic nitrogens is 2. The van der Waals surface area contributed by atoms with E-state index in [9.17, 15) is 13.2 Å². The van der Waals surface area contributed by atoms with Crippen LogP contribution in [-0.4, -0.2) is 61.9 Å². The number of carbonyl (C=O) groups is 1. The summed E-state index contributed by atoms with van der Waals surface area (Å²) in [4.78, 5) is 26.1. The number of nitrogens with one attached hydrogen (secondary N) is 1. The van der Waals surface area contributed by atoms with Gasteiger partial charge in [-0.2, -0.15) is 0 Å². The number of hydrogen-bond acceptors (Lipinski definition) is 6. The van der Waals surface area contributed by atoms with Crippen molar-refractivity contribution in [2.24, 2.45) is 0 Å². The van der Waals surface area contributed by atoms with E-state index in [0.717, 1.165) is 17.3 Å². The minimum absolute atomic E-state index is 0.103. The maximum absolute atomic E-state index is 12.9. The molecular formula is C21H29N5O3S. The first-order valence-corrected chi connectivity index (χ1v) is 11.7. The summed E-state index contributed by atoms with van der Waals surface area (Å²) < 4.78 is 26.9. The van der Waals surface area contributed by atoms with Crippen molar-refractivity contribution in [2.45, 2.75) is 38.5 Å². The zero-order chi connectivity index (χ0) is 21.9. The molecule has 0 atom stereocenters. The fourth-order valence-corrected chi connectivity index (χ4v) is 4.47. The predicted octanol–water partition coefficient (Wildman–Crippen LogP) is 2.17. The summed E-state index contributed by atoms with van der Waals surface area (Å²) in [5.74, 6) is 1.79. The van der Waals surface area contributed by atoms with Crippen LogP contribution < -0.4 is 9.62 Å². The highest BCUT2D eigenvalue weighted by atomic mass is 32.2.